The van der Waals surface area contributed by atoms with Crippen molar-refractivity contribution in [3.63, 3.8) is 0 Å². The second-order valence-electron chi connectivity index (χ2n) is 1.43. The summed E-state index contributed by atoms with van der Waals surface area (Å²) in [6.07, 6.45) is -0.767. The number of alkyl halides is 4. The van der Waals surface area contributed by atoms with Crippen LogP contribution < -0.4 is 0 Å². The zero-order chi connectivity index (χ0) is 6.62. The van der Waals surface area contributed by atoms with Crippen LogP contribution in [0.25, 0.3) is 0 Å². The largest absolute Gasteiger partial charge is 0.263 e. The molecule has 0 spiro atoms. The molecule has 0 unspecified atom stereocenters. The number of hydrogen-bond acceptors (Lipinski definition) is 0. The molecule has 50 valence electrons. The second kappa shape index (κ2) is 3.17. The van der Waals surface area contributed by atoms with Gasteiger partial charge in [-0.25, -0.2) is 8.78 Å². The van der Waals surface area contributed by atoms with Gasteiger partial charge >= 0.3 is 0 Å². The van der Waals surface area contributed by atoms with E-state index in [0.29, 0.717) is 0 Å². The Hall–Kier alpha value is 0.0800. The highest BCUT2D eigenvalue weighted by atomic mass is 35.5. The van der Waals surface area contributed by atoms with Gasteiger partial charge in [-0.05, 0) is 0 Å². The van der Waals surface area contributed by atoms with Crippen LogP contribution in [0.2, 0.25) is 0 Å². The van der Waals surface area contributed by atoms with Gasteiger partial charge in [0.05, 0.1) is 12.6 Å². The molecule has 4 heteroatoms. The van der Waals surface area contributed by atoms with E-state index in [9.17, 15) is 13.2 Å². The van der Waals surface area contributed by atoms with Gasteiger partial charge in [0.15, 0.2) is 0 Å². The zero-order valence-corrected chi connectivity index (χ0v) is 4.89. The zero-order valence-electron chi connectivity index (χ0n) is 4.13. The third-order valence-electron chi connectivity index (χ3n) is 0.656. The molecule has 0 aromatic rings. The van der Waals surface area contributed by atoms with Crippen LogP contribution in [0.1, 0.15) is 6.42 Å². The Balaban J connectivity index is 3.37. The lowest BCUT2D eigenvalue weighted by molar-refractivity contribution is 0.0108. The molecule has 8 heavy (non-hydrogen) atoms. The average Bonchev–Trinajstić information content (AvgIpc) is 1.67. The Morgan fingerprint density at radius 3 is 2.00 bits per heavy atom. The molecule has 0 aliphatic rings. The van der Waals surface area contributed by atoms with Crippen molar-refractivity contribution in [3.8, 4) is 0 Å². The van der Waals surface area contributed by atoms with Gasteiger partial charge in [0.2, 0.25) is 0 Å². The van der Waals surface area contributed by atoms with Gasteiger partial charge in [0.1, 0.15) is 0 Å². The Bertz CT molecular complexity index is 64.3. The summed E-state index contributed by atoms with van der Waals surface area (Å²) in [5.41, 5.74) is 0. The van der Waals surface area contributed by atoms with Crippen molar-refractivity contribution in [1.29, 1.82) is 0 Å². The molecule has 0 heterocycles. The molecule has 0 fully saturated rings. The number of halogens is 4. The van der Waals surface area contributed by atoms with Crippen LogP contribution in [0.3, 0.4) is 0 Å². The van der Waals surface area contributed by atoms with Crippen LogP contribution in [0.4, 0.5) is 13.2 Å². The van der Waals surface area contributed by atoms with E-state index in [2.05, 4.69) is 0 Å². The van der Waals surface area contributed by atoms with E-state index in [-0.39, 0.29) is 0 Å². The van der Waals surface area contributed by atoms with Crippen molar-refractivity contribution >= 4 is 11.6 Å². The highest BCUT2D eigenvalue weighted by molar-refractivity contribution is 6.18. The minimum atomic E-state index is -3.02. The summed E-state index contributed by atoms with van der Waals surface area (Å²) in [6, 6.07) is 0. The molecule has 0 radical (unpaired) electrons. The molecular weight excluding hydrogens is 140 g/mol. The van der Waals surface area contributed by atoms with Crippen LogP contribution in [-0.2, 0) is 0 Å². The molecule has 0 saturated carbocycles. The number of rotatable bonds is 3. The fraction of sp³-hybridized carbons (Fsp3) is 1.00. The summed E-state index contributed by atoms with van der Waals surface area (Å²) in [6.45, 7) is -1.01. The van der Waals surface area contributed by atoms with Crippen molar-refractivity contribution in [1.82, 2.24) is 0 Å². The van der Waals surface area contributed by atoms with Crippen LogP contribution >= 0.6 is 11.6 Å². The molecule has 0 nitrogen and oxygen atoms in total. The van der Waals surface area contributed by atoms with Crippen molar-refractivity contribution in [3.05, 3.63) is 0 Å². The molecule has 0 atom stereocenters. The Kier molecular flexibility index (Phi) is 3.21. The topological polar surface area (TPSA) is 0 Å². The molecule has 0 aliphatic carbocycles. The Morgan fingerprint density at radius 1 is 1.38 bits per heavy atom. The van der Waals surface area contributed by atoms with Crippen molar-refractivity contribution in [2.24, 2.45) is 0 Å². The molecule has 0 aliphatic heterocycles. The van der Waals surface area contributed by atoms with Crippen LogP contribution in [0.5, 0.6) is 0 Å². The smallest absolute Gasteiger partial charge is 0.251 e. The monoisotopic (exact) mass is 146 g/mol. The molecular formula is C4H6ClF3. The summed E-state index contributed by atoms with van der Waals surface area (Å²) in [5, 5.41) is 0. The lowest BCUT2D eigenvalue weighted by Crippen LogP contribution is -2.18. The van der Waals surface area contributed by atoms with Crippen molar-refractivity contribution < 1.29 is 13.2 Å². The van der Waals surface area contributed by atoms with Gasteiger partial charge in [-0.2, -0.15) is 0 Å². The van der Waals surface area contributed by atoms with E-state index >= 15 is 0 Å². The molecule has 0 aromatic heterocycles. The fourth-order valence-electron chi connectivity index (χ4n) is 0.205. The first-order chi connectivity index (χ1) is 3.62. The van der Waals surface area contributed by atoms with Crippen molar-refractivity contribution in [2.45, 2.75) is 12.3 Å². The van der Waals surface area contributed by atoms with Gasteiger partial charge < -0.3 is 0 Å². The third-order valence-corrected chi connectivity index (χ3v) is 1.05. The maximum Gasteiger partial charge on any atom is 0.263 e. The SMILES string of the molecule is FCCC(F)(F)CCl. The highest BCUT2D eigenvalue weighted by Crippen LogP contribution is 2.19. The minimum absolute atomic E-state index is 0.767. The van der Waals surface area contributed by atoms with E-state index in [1.165, 1.54) is 0 Å². The quantitative estimate of drug-likeness (QED) is 0.536. The molecule has 0 rings (SSSR count). The molecule has 0 aromatic carbocycles. The van der Waals surface area contributed by atoms with Crippen LogP contribution in [0.15, 0.2) is 0 Å². The highest BCUT2D eigenvalue weighted by Gasteiger charge is 2.26. The lowest BCUT2D eigenvalue weighted by atomic mass is 10.3. The first-order valence-electron chi connectivity index (χ1n) is 2.12. The van der Waals surface area contributed by atoms with Gasteiger partial charge in [-0.15, -0.1) is 11.6 Å². The van der Waals surface area contributed by atoms with E-state index in [1.807, 2.05) is 0 Å². The van der Waals surface area contributed by atoms with Crippen LogP contribution in [0, 0.1) is 0 Å². The minimum Gasteiger partial charge on any atom is -0.251 e. The molecule has 0 N–H and O–H groups in total. The lowest BCUT2D eigenvalue weighted by Gasteiger charge is -2.08. The summed E-state index contributed by atoms with van der Waals surface area (Å²) >= 11 is 4.76. The normalized spacial score (nSPS) is 12.0. The second-order valence-corrected chi connectivity index (χ2v) is 1.70. The molecule has 0 saturated heterocycles. The van der Waals surface area contributed by atoms with Crippen molar-refractivity contribution in [2.75, 3.05) is 12.6 Å². The molecule has 0 amide bonds. The van der Waals surface area contributed by atoms with E-state index in [0.717, 1.165) is 0 Å². The summed E-state index contributed by atoms with van der Waals surface area (Å²) in [5.74, 6) is -3.81. The summed E-state index contributed by atoms with van der Waals surface area (Å²) in [4.78, 5) is 0. The molecule has 0 bridgehead atoms. The van der Waals surface area contributed by atoms with Gasteiger partial charge in [-0.3, -0.25) is 4.39 Å². The predicted octanol–water partition coefficient (Wildman–Crippen LogP) is 2.22. The average molecular weight is 147 g/mol. The van der Waals surface area contributed by atoms with Gasteiger partial charge in [0, 0.05) is 6.42 Å². The van der Waals surface area contributed by atoms with Crippen LogP contribution in [-0.4, -0.2) is 18.5 Å². The first-order valence-corrected chi connectivity index (χ1v) is 2.65. The van der Waals surface area contributed by atoms with E-state index < -0.39 is 24.9 Å². The summed E-state index contributed by atoms with van der Waals surface area (Å²) in [7, 11) is 0. The van der Waals surface area contributed by atoms with Gasteiger partial charge in [-0.1, -0.05) is 0 Å². The van der Waals surface area contributed by atoms with Gasteiger partial charge in [0.25, 0.3) is 5.92 Å². The maximum atomic E-state index is 11.8. The Morgan fingerprint density at radius 2 is 1.88 bits per heavy atom. The predicted molar refractivity (Wildman–Crippen MR) is 26.3 cm³/mol. The van der Waals surface area contributed by atoms with E-state index in [4.69, 9.17) is 11.6 Å². The maximum absolute atomic E-state index is 11.8. The van der Waals surface area contributed by atoms with E-state index in [1.54, 1.807) is 0 Å². The fourth-order valence-corrected chi connectivity index (χ4v) is 0.339. The Labute approximate surface area is 50.6 Å². The summed E-state index contributed by atoms with van der Waals surface area (Å²) < 4.78 is 34.7. The first kappa shape index (κ1) is 8.08. The standard InChI is InChI=1S/C4H6ClF3/c5-3-4(7,8)1-2-6/h1-3H2. The number of hydrogen-bond donors (Lipinski definition) is 0. The third kappa shape index (κ3) is 3.13.